The first-order chi connectivity index (χ1) is 10.6. The highest BCUT2D eigenvalue weighted by Crippen LogP contribution is 2.31. The molecule has 0 amide bonds. The van der Waals surface area contributed by atoms with Crippen LogP contribution in [0.3, 0.4) is 0 Å². The lowest BCUT2D eigenvalue weighted by Crippen LogP contribution is -3.10. The highest BCUT2D eigenvalue weighted by molar-refractivity contribution is 7.89. The minimum absolute atomic E-state index is 0.106. The summed E-state index contributed by atoms with van der Waals surface area (Å²) in [6.45, 7) is 1.76. The zero-order chi connectivity index (χ0) is 17.4. The fourth-order valence-electron chi connectivity index (χ4n) is 2.69. The zero-order valence-corrected chi connectivity index (χ0v) is 15.1. The van der Waals surface area contributed by atoms with E-state index >= 15 is 0 Å². The fourth-order valence-corrected chi connectivity index (χ4v) is 4.93. The Bertz CT molecular complexity index is 716. The summed E-state index contributed by atoms with van der Waals surface area (Å²) in [5.41, 5.74) is -0.393. The fraction of sp³-hybridized carbons (Fsp3) is 0.500. The van der Waals surface area contributed by atoms with E-state index in [-0.39, 0.29) is 21.0 Å². The van der Waals surface area contributed by atoms with Crippen LogP contribution in [0.15, 0.2) is 17.0 Å². The highest BCUT2D eigenvalue weighted by Gasteiger charge is 2.33. The molecule has 0 spiro atoms. The van der Waals surface area contributed by atoms with Crippen LogP contribution in [0.25, 0.3) is 0 Å². The van der Waals surface area contributed by atoms with Gasteiger partial charge in [0.1, 0.15) is 4.90 Å². The van der Waals surface area contributed by atoms with Crippen LogP contribution in [0.1, 0.15) is 23.2 Å². The molecule has 1 aliphatic heterocycles. The van der Waals surface area contributed by atoms with Crippen LogP contribution in [-0.2, 0) is 10.0 Å². The zero-order valence-electron chi connectivity index (χ0n) is 12.8. The lowest BCUT2D eigenvalue weighted by molar-refractivity contribution is -0.885. The van der Waals surface area contributed by atoms with Crippen LogP contribution in [-0.4, -0.2) is 51.9 Å². The van der Waals surface area contributed by atoms with Gasteiger partial charge in [0.2, 0.25) is 10.0 Å². The van der Waals surface area contributed by atoms with Crippen molar-refractivity contribution in [2.45, 2.75) is 23.8 Å². The van der Waals surface area contributed by atoms with Crippen LogP contribution in [0.2, 0.25) is 10.0 Å². The van der Waals surface area contributed by atoms with Gasteiger partial charge in [-0.2, -0.15) is 4.31 Å². The smallest absolute Gasteiger partial charge is 0.244 e. The van der Waals surface area contributed by atoms with Gasteiger partial charge in [0, 0.05) is 31.5 Å². The number of aromatic carboxylic acids is 1. The first-order valence-corrected chi connectivity index (χ1v) is 9.34. The van der Waals surface area contributed by atoms with E-state index in [2.05, 4.69) is 7.05 Å². The number of carbonyl (C=O) groups excluding carboxylic acids is 1. The number of piperidine rings is 1. The Kier molecular flexibility index (Phi) is 5.58. The molecule has 0 saturated carbocycles. The summed E-state index contributed by atoms with van der Waals surface area (Å²) in [5.74, 6) is -1.55. The lowest BCUT2D eigenvalue weighted by Gasteiger charge is -2.32. The first kappa shape index (κ1) is 18.5. The predicted octanol–water partition coefficient (Wildman–Crippen LogP) is -0.345. The third-order valence-electron chi connectivity index (χ3n) is 4.22. The average molecular weight is 381 g/mol. The maximum absolute atomic E-state index is 12.8. The molecule has 6 nitrogen and oxygen atoms in total. The summed E-state index contributed by atoms with van der Waals surface area (Å²) in [6.07, 6.45) is 1.47. The monoisotopic (exact) mass is 380 g/mol. The Morgan fingerprint density at radius 3 is 2.35 bits per heavy atom. The molecule has 0 bridgehead atoms. The second kappa shape index (κ2) is 6.94. The molecule has 9 heteroatoms. The number of sulfonamides is 1. The molecular formula is C14H18Cl2N2O4S. The van der Waals surface area contributed by atoms with Gasteiger partial charge in [0.25, 0.3) is 0 Å². The number of likely N-dealkylation sites (tertiary alicyclic amines) is 1. The Hall–Kier alpha value is -0.860. The van der Waals surface area contributed by atoms with Crippen molar-refractivity contribution in [3.8, 4) is 0 Å². The Labute approximate surface area is 145 Å². The summed E-state index contributed by atoms with van der Waals surface area (Å²) < 4.78 is 26.9. The Morgan fingerprint density at radius 2 is 1.83 bits per heavy atom. The summed E-state index contributed by atoms with van der Waals surface area (Å²) in [4.78, 5) is 12.2. The third-order valence-corrected chi connectivity index (χ3v) is 6.91. The third kappa shape index (κ3) is 3.80. The number of benzene rings is 1. The van der Waals surface area contributed by atoms with E-state index in [0.29, 0.717) is 0 Å². The molecule has 0 aliphatic carbocycles. The van der Waals surface area contributed by atoms with Crippen molar-refractivity contribution in [1.29, 1.82) is 0 Å². The molecule has 1 aliphatic rings. The van der Waals surface area contributed by atoms with Crippen LogP contribution in [0.5, 0.6) is 0 Å². The summed E-state index contributed by atoms with van der Waals surface area (Å²) in [7, 11) is -0.364. The largest absolute Gasteiger partial charge is 0.545 e. The number of carboxylic acid groups (broad SMARTS) is 1. The van der Waals surface area contributed by atoms with Crippen LogP contribution in [0, 0.1) is 0 Å². The van der Waals surface area contributed by atoms with Gasteiger partial charge in [0.05, 0.1) is 36.2 Å². The van der Waals surface area contributed by atoms with Gasteiger partial charge < -0.3 is 14.8 Å². The molecule has 2 rings (SSSR count). The number of nitrogens with zero attached hydrogens (tertiary/aromatic N) is 1. The standard InChI is InChI=1S/C14H18Cl2N2O4S/c1-17-5-3-9(4-6-17)18(2)23(21,22)13-7-10(14(19)20)11(15)8-12(13)16/h7-9H,3-6H2,1-2H3,(H,19,20). The van der Waals surface area contributed by atoms with E-state index in [0.717, 1.165) is 38.1 Å². The van der Waals surface area contributed by atoms with Crippen molar-refractivity contribution in [3.05, 3.63) is 27.7 Å². The first-order valence-electron chi connectivity index (χ1n) is 7.14. The molecule has 0 aromatic heterocycles. The number of carboxylic acids is 1. The van der Waals surface area contributed by atoms with E-state index in [9.17, 15) is 18.3 Å². The van der Waals surface area contributed by atoms with Gasteiger partial charge in [-0.05, 0) is 12.1 Å². The van der Waals surface area contributed by atoms with Gasteiger partial charge in [-0.1, -0.05) is 23.2 Å². The molecule has 1 fully saturated rings. The van der Waals surface area contributed by atoms with Crippen LogP contribution < -0.4 is 10.0 Å². The number of quaternary nitrogens is 1. The topological polar surface area (TPSA) is 82.0 Å². The minimum Gasteiger partial charge on any atom is -0.545 e. The molecule has 23 heavy (non-hydrogen) atoms. The van der Waals surface area contributed by atoms with Crippen molar-refractivity contribution < 1.29 is 23.2 Å². The molecule has 1 aromatic rings. The molecule has 0 unspecified atom stereocenters. The lowest BCUT2D eigenvalue weighted by atomic mass is 10.1. The molecule has 0 atom stereocenters. The SMILES string of the molecule is CN(C1CC[NH+](C)CC1)S(=O)(=O)c1cc(C(=O)[O-])c(Cl)cc1Cl. The average Bonchev–Trinajstić information content (AvgIpc) is 2.46. The number of carbonyl (C=O) groups is 1. The maximum Gasteiger partial charge on any atom is 0.244 e. The van der Waals surface area contributed by atoms with Gasteiger partial charge >= 0.3 is 0 Å². The number of hydrogen-bond acceptors (Lipinski definition) is 4. The van der Waals surface area contributed by atoms with Crippen molar-refractivity contribution in [2.75, 3.05) is 27.2 Å². The molecule has 1 heterocycles. The molecule has 128 valence electrons. The second-order valence-electron chi connectivity index (χ2n) is 5.76. The van der Waals surface area contributed by atoms with Crippen molar-refractivity contribution in [2.24, 2.45) is 0 Å². The van der Waals surface area contributed by atoms with E-state index in [4.69, 9.17) is 23.2 Å². The molecule has 1 aromatic carbocycles. The summed E-state index contributed by atoms with van der Waals surface area (Å²) in [6, 6.07) is 1.95. The minimum atomic E-state index is -3.92. The number of halogens is 2. The number of rotatable bonds is 4. The maximum atomic E-state index is 12.8. The predicted molar refractivity (Wildman–Crippen MR) is 85.4 cm³/mol. The number of hydrogen-bond donors (Lipinski definition) is 1. The second-order valence-corrected chi connectivity index (χ2v) is 8.54. The number of nitrogens with one attached hydrogen (secondary N) is 1. The Morgan fingerprint density at radius 1 is 1.26 bits per heavy atom. The molecule has 1 N–H and O–H groups in total. The van der Waals surface area contributed by atoms with Crippen molar-refractivity contribution in [3.63, 3.8) is 0 Å². The van der Waals surface area contributed by atoms with E-state index in [1.807, 2.05) is 0 Å². The van der Waals surface area contributed by atoms with Gasteiger partial charge in [-0.15, -0.1) is 0 Å². The Balaban J connectivity index is 2.39. The van der Waals surface area contributed by atoms with E-state index in [1.165, 1.54) is 16.3 Å². The quantitative estimate of drug-likeness (QED) is 0.774. The van der Waals surface area contributed by atoms with Gasteiger partial charge in [-0.25, -0.2) is 8.42 Å². The van der Waals surface area contributed by atoms with Crippen LogP contribution in [0.4, 0.5) is 0 Å². The van der Waals surface area contributed by atoms with Gasteiger partial charge in [0.15, 0.2) is 0 Å². The highest BCUT2D eigenvalue weighted by atomic mass is 35.5. The van der Waals surface area contributed by atoms with Crippen LogP contribution >= 0.6 is 23.2 Å². The summed E-state index contributed by atoms with van der Waals surface area (Å²) in [5, 5.41) is 10.8. The van der Waals surface area contributed by atoms with Gasteiger partial charge in [-0.3, -0.25) is 0 Å². The molecule has 1 saturated heterocycles. The normalized spacial score (nSPS) is 22.3. The molecule has 0 radical (unpaired) electrons. The van der Waals surface area contributed by atoms with E-state index in [1.54, 1.807) is 0 Å². The summed E-state index contributed by atoms with van der Waals surface area (Å²) >= 11 is 11.8. The van der Waals surface area contributed by atoms with Crippen molar-refractivity contribution >= 4 is 39.2 Å². The van der Waals surface area contributed by atoms with Crippen molar-refractivity contribution in [1.82, 2.24) is 4.31 Å². The van der Waals surface area contributed by atoms with E-state index < -0.39 is 21.6 Å². The molecular weight excluding hydrogens is 363 g/mol.